The highest BCUT2D eigenvalue weighted by Gasteiger charge is 2.58. The van der Waals surface area contributed by atoms with E-state index in [0.717, 1.165) is 11.1 Å². The van der Waals surface area contributed by atoms with Crippen LogP contribution < -0.4 is 0 Å². The quantitative estimate of drug-likeness (QED) is 0.533. The normalized spacial score (nSPS) is 15.7. The van der Waals surface area contributed by atoms with E-state index >= 15 is 0 Å². The zero-order valence-corrected chi connectivity index (χ0v) is 15.8. The van der Waals surface area contributed by atoms with Gasteiger partial charge in [-0.15, -0.1) is 0 Å². The topological polar surface area (TPSA) is 66.7 Å². The molecule has 2 unspecified atom stereocenters. The molecule has 4 aromatic rings. The number of hydrogen-bond acceptors (Lipinski definition) is 4. The van der Waals surface area contributed by atoms with Crippen molar-refractivity contribution in [3.8, 4) is 0 Å². The van der Waals surface area contributed by atoms with Crippen LogP contribution in [0.1, 0.15) is 33.8 Å². The lowest BCUT2D eigenvalue weighted by Gasteiger charge is -2.43. The highest BCUT2D eigenvalue weighted by molar-refractivity contribution is 5.50. The molecule has 0 fully saturated rings. The smallest absolute Gasteiger partial charge is 0.188 e. The first kappa shape index (κ1) is 18.3. The maximum atomic E-state index is 12.3. The number of benzene rings is 2. The molecule has 0 aliphatic rings. The summed E-state index contributed by atoms with van der Waals surface area (Å²) in [5, 5.41) is 24.6. The Bertz CT molecular complexity index is 978. The van der Waals surface area contributed by atoms with Crippen molar-refractivity contribution in [1.82, 2.24) is 0 Å². The molecule has 2 atom stereocenters. The van der Waals surface area contributed by atoms with Gasteiger partial charge >= 0.3 is 0 Å². The molecule has 2 aromatic heterocycles. The van der Waals surface area contributed by atoms with Gasteiger partial charge in [0.05, 0.1) is 12.5 Å². The molecular weight excluding hydrogens is 352 g/mol. The van der Waals surface area contributed by atoms with Crippen LogP contribution in [-0.2, 0) is 11.2 Å². The van der Waals surface area contributed by atoms with Crippen LogP contribution in [0.4, 0.5) is 0 Å². The van der Waals surface area contributed by atoms with Crippen LogP contribution >= 0.6 is 0 Å². The molecule has 0 bridgehead atoms. The third kappa shape index (κ3) is 2.53. The van der Waals surface area contributed by atoms with Gasteiger partial charge in [0.1, 0.15) is 11.5 Å². The first-order valence-electron chi connectivity index (χ1n) is 9.14. The largest absolute Gasteiger partial charge is 0.466 e. The standard InChI is InChI=1S/C24H22O4/c1-17-9-3-5-11-19(17)23(25,21-13-7-15-27-21)24(26,22-14-8-16-28-22)20-12-6-4-10-18(20)2/h3-16,25-26H,1-2H3. The molecule has 0 aliphatic carbocycles. The zero-order valence-electron chi connectivity index (χ0n) is 15.8. The lowest BCUT2D eigenvalue weighted by atomic mass is 9.68. The molecule has 4 nitrogen and oxygen atoms in total. The maximum absolute atomic E-state index is 12.3. The first-order valence-corrected chi connectivity index (χ1v) is 9.14. The molecular formula is C24H22O4. The Hall–Kier alpha value is -3.08. The molecule has 0 aliphatic heterocycles. The molecule has 0 saturated heterocycles. The molecule has 28 heavy (non-hydrogen) atoms. The number of furan rings is 2. The number of hydrogen-bond donors (Lipinski definition) is 2. The fraction of sp³-hybridized carbons (Fsp3) is 0.167. The van der Waals surface area contributed by atoms with Gasteiger partial charge in [-0.2, -0.15) is 0 Å². The van der Waals surface area contributed by atoms with E-state index in [2.05, 4.69) is 0 Å². The maximum Gasteiger partial charge on any atom is 0.188 e. The molecule has 4 heteroatoms. The van der Waals surface area contributed by atoms with Gasteiger partial charge in [0.15, 0.2) is 11.2 Å². The van der Waals surface area contributed by atoms with Gasteiger partial charge in [0.25, 0.3) is 0 Å². The third-order valence-corrected chi connectivity index (χ3v) is 5.35. The van der Waals surface area contributed by atoms with Crippen LogP contribution in [0, 0.1) is 13.8 Å². The van der Waals surface area contributed by atoms with Crippen molar-refractivity contribution < 1.29 is 19.0 Å². The number of aliphatic hydroxyl groups is 2. The van der Waals surface area contributed by atoms with Crippen molar-refractivity contribution in [1.29, 1.82) is 0 Å². The Balaban J connectivity index is 2.13. The second kappa shape index (κ2) is 6.82. The average Bonchev–Trinajstić information content (AvgIpc) is 3.42. The summed E-state index contributed by atoms with van der Waals surface area (Å²) in [6, 6.07) is 21.5. The van der Waals surface area contributed by atoms with Gasteiger partial charge < -0.3 is 19.0 Å². The van der Waals surface area contributed by atoms with Gasteiger partial charge in [-0.25, -0.2) is 0 Å². The molecule has 0 saturated carbocycles. The summed E-state index contributed by atoms with van der Waals surface area (Å²) in [5.74, 6) is 0.452. The fourth-order valence-corrected chi connectivity index (χ4v) is 3.94. The lowest BCUT2D eigenvalue weighted by molar-refractivity contribution is -0.134. The highest BCUT2D eigenvalue weighted by atomic mass is 16.4. The van der Waals surface area contributed by atoms with Crippen molar-refractivity contribution >= 4 is 0 Å². The summed E-state index contributed by atoms with van der Waals surface area (Å²) >= 11 is 0. The van der Waals surface area contributed by atoms with E-state index in [1.165, 1.54) is 12.5 Å². The molecule has 2 N–H and O–H groups in total. The van der Waals surface area contributed by atoms with Crippen LogP contribution in [0.15, 0.2) is 94.2 Å². The SMILES string of the molecule is Cc1ccccc1C(O)(c1ccco1)C(O)(c1ccco1)c1ccccc1C. The predicted molar refractivity (Wildman–Crippen MR) is 106 cm³/mol. The summed E-state index contributed by atoms with van der Waals surface area (Å²) in [5.41, 5.74) is -1.14. The summed E-state index contributed by atoms with van der Waals surface area (Å²) < 4.78 is 11.3. The van der Waals surface area contributed by atoms with Crippen LogP contribution in [0.3, 0.4) is 0 Å². The molecule has 0 amide bonds. The van der Waals surface area contributed by atoms with Crippen molar-refractivity contribution in [3.63, 3.8) is 0 Å². The molecule has 2 heterocycles. The van der Waals surface area contributed by atoms with E-state index < -0.39 is 11.2 Å². The van der Waals surface area contributed by atoms with Crippen molar-refractivity contribution in [3.05, 3.63) is 119 Å². The van der Waals surface area contributed by atoms with E-state index in [4.69, 9.17) is 8.83 Å². The summed E-state index contributed by atoms with van der Waals surface area (Å²) in [7, 11) is 0. The van der Waals surface area contributed by atoms with Crippen LogP contribution in [0.2, 0.25) is 0 Å². The van der Waals surface area contributed by atoms with Crippen molar-refractivity contribution in [2.75, 3.05) is 0 Å². The highest BCUT2D eigenvalue weighted by Crippen LogP contribution is 2.51. The van der Waals surface area contributed by atoms with Crippen LogP contribution in [-0.4, -0.2) is 10.2 Å². The zero-order chi connectivity index (χ0) is 19.8. The number of rotatable bonds is 5. The van der Waals surface area contributed by atoms with Gasteiger partial charge in [-0.1, -0.05) is 48.5 Å². The van der Waals surface area contributed by atoms with Crippen molar-refractivity contribution in [2.24, 2.45) is 0 Å². The minimum atomic E-state index is -1.92. The van der Waals surface area contributed by atoms with E-state index in [0.29, 0.717) is 11.1 Å². The van der Waals surface area contributed by atoms with E-state index in [-0.39, 0.29) is 11.5 Å². The van der Waals surface area contributed by atoms with Gasteiger partial charge in [0.2, 0.25) is 0 Å². The Kier molecular flexibility index (Phi) is 4.46. The third-order valence-electron chi connectivity index (χ3n) is 5.35. The lowest BCUT2D eigenvalue weighted by Crippen LogP contribution is -2.51. The minimum absolute atomic E-state index is 0.226. The van der Waals surface area contributed by atoms with Crippen LogP contribution in [0.5, 0.6) is 0 Å². The van der Waals surface area contributed by atoms with E-state index in [1.807, 2.05) is 50.2 Å². The molecule has 0 radical (unpaired) electrons. The Morgan fingerprint density at radius 1 is 0.571 bits per heavy atom. The molecule has 2 aromatic carbocycles. The Morgan fingerprint density at radius 2 is 0.964 bits per heavy atom. The summed E-state index contributed by atoms with van der Waals surface area (Å²) in [4.78, 5) is 0. The molecule has 4 rings (SSSR count). The Morgan fingerprint density at radius 3 is 1.29 bits per heavy atom. The summed E-state index contributed by atoms with van der Waals surface area (Å²) in [6.45, 7) is 3.79. The van der Waals surface area contributed by atoms with Gasteiger partial charge in [-0.3, -0.25) is 0 Å². The van der Waals surface area contributed by atoms with Crippen molar-refractivity contribution in [2.45, 2.75) is 25.0 Å². The average molecular weight is 374 g/mol. The second-order valence-corrected chi connectivity index (χ2v) is 7.01. The minimum Gasteiger partial charge on any atom is -0.466 e. The Labute approximate surface area is 163 Å². The van der Waals surface area contributed by atoms with Crippen LogP contribution in [0.25, 0.3) is 0 Å². The summed E-state index contributed by atoms with van der Waals surface area (Å²) in [6.07, 6.45) is 2.97. The predicted octanol–water partition coefficient (Wildman–Crippen LogP) is 4.66. The fourth-order valence-electron chi connectivity index (χ4n) is 3.94. The monoisotopic (exact) mass is 374 g/mol. The van der Waals surface area contributed by atoms with Gasteiger partial charge in [0, 0.05) is 0 Å². The molecule has 0 spiro atoms. The van der Waals surface area contributed by atoms with Gasteiger partial charge in [-0.05, 0) is 60.4 Å². The molecule has 142 valence electrons. The van der Waals surface area contributed by atoms with E-state index in [1.54, 1.807) is 36.4 Å². The first-order chi connectivity index (χ1) is 13.5. The number of aryl methyl sites for hydroxylation is 2. The van der Waals surface area contributed by atoms with E-state index in [9.17, 15) is 10.2 Å². The second-order valence-electron chi connectivity index (χ2n) is 7.01.